The first kappa shape index (κ1) is 19.9. The van der Waals surface area contributed by atoms with Crippen molar-refractivity contribution in [1.82, 2.24) is 10.3 Å². The molecule has 4 rings (SSSR count). The van der Waals surface area contributed by atoms with E-state index in [1.54, 1.807) is 13.8 Å². The van der Waals surface area contributed by atoms with Gasteiger partial charge in [-0.05, 0) is 56.4 Å². The second kappa shape index (κ2) is 8.53. The Morgan fingerprint density at radius 3 is 2.67 bits per heavy atom. The molecule has 2 atom stereocenters. The highest BCUT2D eigenvalue weighted by Gasteiger charge is 2.27. The van der Waals surface area contributed by atoms with E-state index in [0.29, 0.717) is 11.7 Å². The molecule has 154 valence electrons. The lowest BCUT2D eigenvalue weighted by Crippen LogP contribution is -2.39. The molecule has 0 saturated heterocycles. The highest BCUT2D eigenvalue weighted by molar-refractivity contribution is 5.92. The average molecular weight is 404 g/mol. The first-order valence-electron chi connectivity index (χ1n) is 10.1. The minimum absolute atomic E-state index is 0.0675. The summed E-state index contributed by atoms with van der Waals surface area (Å²) in [6, 6.07) is 17.4. The molecule has 0 fully saturated rings. The second-order valence-corrected chi connectivity index (χ2v) is 7.49. The van der Waals surface area contributed by atoms with Gasteiger partial charge in [-0.15, -0.1) is 0 Å². The molecule has 1 aromatic heterocycles. The fraction of sp³-hybridized carbons (Fsp3) is 0.292. The molecule has 0 aliphatic heterocycles. The van der Waals surface area contributed by atoms with E-state index < -0.39 is 12.1 Å². The van der Waals surface area contributed by atoms with Crippen molar-refractivity contribution < 1.29 is 18.7 Å². The summed E-state index contributed by atoms with van der Waals surface area (Å²) in [5.74, 6) is -0.303. The molecular formula is C24H24N2O4. The maximum Gasteiger partial charge on any atom is 0.361 e. The number of carbonyl (C=O) groups is 2. The van der Waals surface area contributed by atoms with Crippen LogP contribution >= 0.6 is 0 Å². The van der Waals surface area contributed by atoms with E-state index in [2.05, 4.69) is 16.4 Å². The van der Waals surface area contributed by atoms with Gasteiger partial charge < -0.3 is 14.5 Å². The zero-order chi connectivity index (χ0) is 21.1. The van der Waals surface area contributed by atoms with E-state index in [9.17, 15) is 9.59 Å². The van der Waals surface area contributed by atoms with Crippen molar-refractivity contribution in [1.29, 1.82) is 0 Å². The van der Waals surface area contributed by atoms with Gasteiger partial charge in [0.2, 0.25) is 5.89 Å². The van der Waals surface area contributed by atoms with Gasteiger partial charge >= 0.3 is 5.97 Å². The molecule has 0 spiro atoms. The summed E-state index contributed by atoms with van der Waals surface area (Å²) in [6.07, 6.45) is 1.95. The first-order chi connectivity index (χ1) is 14.5. The lowest BCUT2D eigenvalue weighted by atomic mass is 9.87. The fourth-order valence-corrected chi connectivity index (χ4v) is 3.75. The van der Waals surface area contributed by atoms with Crippen LogP contribution < -0.4 is 5.32 Å². The van der Waals surface area contributed by atoms with Crippen LogP contribution in [0.15, 0.2) is 59.0 Å². The second-order valence-electron chi connectivity index (χ2n) is 7.49. The minimum Gasteiger partial charge on any atom is -0.448 e. The normalized spacial score (nSPS) is 16.4. The number of aromatic nitrogens is 1. The summed E-state index contributed by atoms with van der Waals surface area (Å²) < 4.78 is 11.0. The number of aryl methyl sites for hydroxylation is 2. The van der Waals surface area contributed by atoms with Crippen LogP contribution in [0.4, 0.5) is 0 Å². The number of hydrogen-bond donors (Lipinski definition) is 1. The molecule has 3 aromatic rings. The minimum atomic E-state index is -0.942. The smallest absolute Gasteiger partial charge is 0.361 e. The lowest BCUT2D eigenvalue weighted by Gasteiger charge is -2.27. The van der Waals surface area contributed by atoms with Crippen molar-refractivity contribution in [3.63, 3.8) is 0 Å². The van der Waals surface area contributed by atoms with Gasteiger partial charge in [-0.3, -0.25) is 4.79 Å². The van der Waals surface area contributed by atoms with Crippen molar-refractivity contribution in [2.75, 3.05) is 0 Å². The molecule has 1 amide bonds. The Kier molecular flexibility index (Phi) is 5.65. The Morgan fingerprint density at radius 2 is 1.87 bits per heavy atom. The highest BCUT2D eigenvalue weighted by atomic mass is 16.5. The van der Waals surface area contributed by atoms with Crippen molar-refractivity contribution in [2.45, 2.75) is 45.3 Å². The predicted octanol–water partition coefficient (Wildman–Crippen LogP) is 4.39. The number of nitrogens with zero attached hydrogens (tertiary/aromatic N) is 1. The molecule has 1 aliphatic carbocycles. The standard InChI is InChI=1S/C24H24N2O4/c1-15-21(26-23(29-15)18-10-4-3-5-11-18)24(28)30-16(2)22(27)25-20-14-8-12-17-9-6-7-13-19(17)20/h3-7,9-11,13,16,20H,8,12,14H2,1-2H3,(H,25,27)/t16-,20+/m0/s1. The van der Waals surface area contributed by atoms with Gasteiger partial charge in [0.05, 0.1) is 6.04 Å². The molecule has 1 aliphatic rings. The Hall–Kier alpha value is -3.41. The van der Waals surface area contributed by atoms with Gasteiger partial charge in [0.25, 0.3) is 5.91 Å². The maximum absolute atomic E-state index is 12.7. The van der Waals surface area contributed by atoms with Crippen molar-refractivity contribution in [2.24, 2.45) is 0 Å². The fourth-order valence-electron chi connectivity index (χ4n) is 3.75. The van der Waals surface area contributed by atoms with Gasteiger partial charge in [0.15, 0.2) is 11.8 Å². The van der Waals surface area contributed by atoms with E-state index in [1.807, 2.05) is 48.5 Å². The summed E-state index contributed by atoms with van der Waals surface area (Å²) in [7, 11) is 0. The number of carbonyl (C=O) groups excluding carboxylic acids is 2. The summed E-state index contributed by atoms with van der Waals surface area (Å²) in [5, 5.41) is 3.02. The van der Waals surface area contributed by atoms with Crippen LogP contribution in [0.25, 0.3) is 11.5 Å². The molecule has 6 nitrogen and oxygen atoms in total. The van der Waals surface area contributed by atoms with Crippen LogP contribution in [0.5, 0.6) is 0 Å². The number of oxazole rings is 1. The van der Waals surface area contributed by atoms with Gasteiger partial charge in [-0.25, -0.2) is 9.78 Å². The van der Waals surface area contributed by atoms with Crippen molar-refractivity contribution in [3.05, 3.63) is 77.2 Å². The Balaban J connectivity index is 1.42. The largest absolute Gasteiger partial charge is 0.448 e. The Labute approximate surface area is 175 Å². The number of esters is 1. The summed E-state index contributed by atoms with van der Waals surface area (Å²) >= 11 is 0. The first-order valence-corrected chi connectivity index (χ1v) is 10.1. The molecule has 2 aromatic carbocycles. The van der Waals surface area contributed by atoms with E-state index in [-0.39, 0.29) is 17.6 Å². The van der Waals surface area contributed by atoms with E-state index in [0.717, 1.165) is 30.4 Å². The molecule has 1 N–H and O–H groups in total. The summed E-state index contributed by atoms with van der Waals surface area (Å²) in [6.45, 7) is 3.22. The molecule has 30 heavy (non-hydrogen) atoms. The number of hydrogen-bond acceptors (Lipinski definition) is 5. The third-order valence-electron chi connectivity index (χ3n) is 5.35. The predicted molar refractivity (Wildman–Crippen MR) is 112 cm³/mol. The molecule has 0 unspecified atom stereocenters. The Morgan fingerprint density at radius 1 is 1.13 bits per heavy atom. The van der Waals surface area contributed by atoms with Crippen molar-refractivity contribution in [3.8, 4) is 11.5 Å². The molecular weight excluding hydrogens is 380 g/mol. The number of rotatable bonds is 5. The molecule has 0 saturated carbocycles. The van der Waals surface area contributed by atoms with E-state index >= 15 is 0 Å². The number of ether oxygens (including phenoxy) is 1. The monoisotopic (exact) mass is 404 g/mol. The van der Waals surface area contributed by atoms with Crippen LogP contribution in [0.3, 0.4) is 0 Å². The molecule has 0 bridgehead atoms. The molecule has 0 radical (unpaired) electrons. The van der Waals surface area contributed by atoms with Gasteiger partial charge in [0, 0.05) is 5.56 Å². The average Bonchev–Trinajstić information content (AvgIpc) is 3.16. The van der Waals surface area contributed by atoms with Gasteiger partial charge in [0.1, 0.15) is 5.76 Å². The van der Waals surface area contributed by atoms with E-state index in [1.165, 1.54) is 5.56 Å². The van der Waals surface area contributed by atoms with Crippen LogP contribution in [0, 0.1) is 6.92 Å². The topological polar surface area (TPSA) is 81.4 Å². The number of nitrogens with one attached hydrogen (secondary N) is 1. The molecule has 1 heterocycles. The maximum atomic E-state index is 12.7. The quantitative estimate of drug-likeness (QED) is 0.638. The van der Waals surface area contributed by atoms with E-state index in [4.69, 9.17) is 9.15 Å². The number of amides is 1. The molecule has 6 heteroatoms. The Bertz CT molecular complexity index is 1060. The van der Waals surface area contributed by atoms with Crippen LogP contribution in [-0.2, 0) is 16.0 Å². The number of fused-ring (bicyclic) bond motifs is 1. The van der Waals surface area contributed by atoms with Gasteiger partial charge in [-0.2, -0.15) is 0 Å². The van der Waals surface area contributed by atoms with Crippen LogP contribution in [-0.4, -0.2) is 23.0 Å². The summed E-state index contributed by atoms with van der Waals surface area (Å²) in [5.41, 5.74) is 3.23. The number of benzene rings is 2. The zero-order valence-electron chi connectivity index (χ0n) is 17.1. The SMILES string of the molecule is Cc1oc(-c2ccccc2)nc1C(=O)O[C@@H](C)C(=O)N[C@@H]1CCCc2ccccc21. The van der Waals surface area contributed by atoms with Crippen LogP contribution in [0.2, 0.25) is 0 Å². The highest BCUT2D eigenvalue weighted by Crippen LogP contribution is 2.29. The van der Waals surface area contributed by atoms with Crippen LogP contribution in [0.1, 0.15) is 53.2 Å². The zero-order valence-corrected chi connectivity index (χ0v) is 17.1. The third-order valence-corrected chi connectivity index (χ3v) is 5.35. The van der Waals surface area contributed by atoms with Crippen molar-refractivity contribution >= 4 is 11.9 Å². The third kappa shape index (κ3) is 4.13. The summed E-state index contributed by atoms with van der Waals surface area (Å²) in [4.78, 5) is 29.5. The lowest BCUT2D eigenvalue weighted by molar-refractivity contribution is -0.130. The van der Waals surface area contributed by atoms with Gasteiger partial charge in [-0.1, -0.05) is 42.5 Å².